The van der Waals surface area contributed by atoms with Crippen molar-refractivity contribution in [2.75, 3.05) is 5.75 Å². The first-order chi connectivity index (χ1) is 6.54. The van der Waals surface area contributed by atoms with Gasteiger partial charge in [-0.1, -0.05) is 33.1 Å². The molecular weight excluding hydrogens is 196 g/mol. The number of rotatable bonds is 8. The summed E-state index contributed by atoms with van der Waals surface area (Å²) in [6.45, 7) is 6.23. The average Bonchev–Trinajstić information content (AvgIpc) is 2.09. The average molecular weight is 218 g/mol. The molecule has 0 radical (unpaired) electrons. The minimum atomic E-state index is -0.697. The van der Waals surface area contributed by atoms with Crippen LogP contribution in [-0.2, 0) is 4.79 Å². The van der Waals surface area contributed by atoms with Crippen molar-refractivity contribution in [3.8, 4) is 0 Å². The van der Waals surface area contributed by atoms with Gasteiger partial charge in [0, 0.05) is 0 Å². The van der Waals surface area contributed by atoms with Crippen molar-refractivity contribution in [3.63, 3.8) is 0 Å². The van der Waals surface area contributed by atoms with E-state index in [9.17, 15) is 4.79 Å². The van der Waals surface area contributed by atoms with E-state index in [1.54, 1.807) is 18.7 Å². The van der Waals surface area contributed by atoms with Crippen LogP contribution < -0.4 is 0 Å². The van der Waals surface area contributed by atoms with Crippen molar-refractivity contribution in [2.24, 2.45) is 5.92 Å². The molecule has 3 heteroatoms. The Labute approximate surface area is 91.5 Å². The van der Waals surface area contributed by atoms with E-state index < -0.39 is 5.97 Å². The van der Waals surface area contributed by atoms with E-state index >= 15 is 0 Å². The van der Waals surface area contributed by atoms with Crippen LogP contribution in [0, 0.1) is 5.92 Å². The molecule has 0 saturated carbocycles. The normalized spacial score (nSPS) is 13.1. The molecule has 0 fully saturated rings. The molecule has 0 amide bonds. The molecule has 2 nitrogen and oxygen atoms in total. The second kappa shape index (κ2) is 8.16. The molecule has 84 valence electrons. The maximum absolute atomic E-state index is 10.5. The highest BCUT2D eigenvalue weighted by molar-refractivity contribution is 8.00. The van der Waals surface area contributed by atoms with Gasteiger partial charge in [-0.2, -0.15) is 0 Å². The van der Waals surface area contributed by atoms with Gasteiger partial charge in [-0.05, 0) is 25.0 Å². The van der Waals surface area contributed by atoms with E-state index in [-0.39, 0.29) is 5.25 Å². The number of aliphatic carboxylic acids is 1. The number of carbonyl (C=O) groups is 1. The van der Waals surface area contributed by atoms with E-state index in [0.717, 1.165) is 18.1 Å². The lowest BCUT2D eigenvalue weighted by Crippen LogP contribution is -2.11. The summed E-state index contributed by atoms with van der Waals surface area (Å²) in [5.41, 5.74) is 0. The van der Waals surface area contributed by atoms with Crippen molar-refractivity contribution in [1.82, 2.24) is 0 Å². The molecule has 0 aliphatic carbocycles. The Morgan fingerprint density at radius 1 is 1.21 bits per heavy atom. The molecule has 0 aromatic rings. The van der Waals surface area contributed by atoms with Gasteiger partial charge < -0.3 is 5.11 Å². The third kappa shape index (κ3) is 8.42. The zero-order chi connectivity index (χ0) is 11.0. The first-order valence-corrected chi connectivity index (χ1v) is 6.43. The Morgan fingerprint density at radius 3 is 2.36 bits per heavy atom. The summed E-state index contributed by atoms with van der Waals surface area (Å²) in [6, 6.07) is 0. The highest BCUT2D eigenvalue weighted by Crippen LogP contribution is 2.15. The predicted molar refractivity (Wildman–Crippen MR) is 62.9 cm³/mol. The maximum Gasteiger partial charge on any atom is 0.316 e. The third-order valence-electron chi connectivity index (χ3n) is 2.14. The van der Waals surface area contributed by atoms with Gasteiger partial charge in [0.15, 0.2) is 0 Å². The maximum atomic E-state index is 10.5. The number of unbranched alkanes of at least 4 members (excludes halogenated alkanes) is 2. The highest BCUT2D eigenvalue weighted by Gasteiger charge is 2.09. The lowest BCUT2D eigenvalue weighted by molar-refractivity contribution is -0.136. The first-order valence-electron chi connectivity index (χ1n) is 5.38. The van der Waals surface area contributed by atoms with Crippen LogP contribution in [0.25, 0.3) is 0 Å². The molecule has 1 N–H and O–H groups in total. The van der Waals surface area contributed by atoms with Gasteiger partial charge in [-0.15, -0.1) is 11.8 Å². The van der Waals surface area contributed by atoms with Gasteiger partial charge in [0.25, 0.3) is 0 Å². The molecule has 0 aromatic carbocycles. The molecule has 1 atom stereocenters. The van der Waals surface area contributed by atoms with Crippen LogP contribution in [0.5, 0.6) is 0 Å². The molecule has 14 heavy (non-hydrogen) atoms. The van der Waals surface area contributed by atoms with Crippen LogP contribution in [0.3, 0.4) is 0 Å². The van der Waals surface area contributed by atoms with Crippen LogP contribution in [0.1, 0.15) is 46.5 Å². The second-order valence-electron chi connectivity index (χ2n) is 4.09. The topological polar surface area (TPSA) is 37.3 Å². The third-order valence-corrected chi connectivity index (χ3v) is 3.37. The summed E-state index contributed by atoms with van der Waals surface area (Å²) >= 11 is 1.54. The largest absolute Gasteiger partial charge is 0.480 e. The van der Waals surface area contributed by atoms with Gasteiger partial charge in [0.2, 0.25) is 0 Å². The fraction of sp³-hybridized carbons (Fsp3) is 0.909. The van der Waals surface area contributed by atoms with Gasteiger partial charge in [-0.3, -0.25) is 4.79 Å². The standard InChI is InChI=1S/C11H22O2S/c1-9(2)7-5-4-6-8-14-10(3)11(12)13/h9-10H,4-8H2,1-3H3,(H,12,13). The summed E-state index contributed by atoms with van der Waals surface area (Å²) in [5.74, 6) is 1.07. The summed E-state index contributed by atoms with van der Waals surface area (Å²) in [4.78, 5) is 10.5. The SMILES string of the molecule is CC(C)CCCCCSC(C)C(=O)O. The van der Waals surface area contributed by atoms with E-state index in [1.807, 2.05) is 0 Å². The molecule has 0 aliphatic heterocycles. The molecule has 0 bridgehead atoms. The Kier molecular flexibility index (Phi) is 8.05. The van der Waals surface area contributed by atoms with Crippen molar-refractivity contribution in [2.45, 2.75) is 51.7 Å². The molecule has 0 rings (SSSR count). The highest BCUT2D eigenvalue weighted by atomic mass is 32.2. The molecule has 0 aliphatic rings. The number of carboxylic acids is 1. The van der Waals surface area contributed by atoms with Crippen molar-refractivity contribution in [3.05, 3.63) is 0 Å². The van der Waals surface area contributed by atoms with Crippen LogP contribution in [0.15, 0.2) is 0 Å². The van der Waals surface area contributed by atoms with Crippen LogP contribution in [0.4, 0.5) is 0 Å². The zero-order valence-corrected chi connectivity index (χ0v) is 10.3. The minimum absolute atomic E-state index is 0.250. The van der Waals surface area contributed by atoms with E-state index in [0.29, 0.717) is 0 Å². The van der Waals surface area contributed by atoms with Gasteiger partial charge in [-0.25, -0.2) is 0 Å². The lowest BCUT2D eigenvalue weighted by Gasteiger charge is -2.06. The molecule has 0 heterocycles. The Hall–Kier alpha value is -0.180. The summed E-state index contributed by atoms with van der Waals surface area (Å²) < 4.78 is 0. The Balaban J connectivity index is 3.17. The fourth-order valence-corrected chi connectivity index (χ4v) is 2.03. The quantitative estimate of drug-likeness (QED) is 0.634. The summed E-state index contributed by atoms with van der Waals surface area (Å²) in [6.07, 6.45) is 4.95. The molecule has 0 saturated heterocycles. The van der Waals surface area contributed by atoms with E-state index in [2.05, 4.69) is 13.8 Å². The first kappa shape index (κ1) is 13.8. The van der Waals surface area contributed by atoms with Crippen molar-refractivity contribution >= 4 is 17.7 Å². The fourth-order valence-electron chi connectivity index (χ4n) is 1.16. The molecule has 1 unspecified atom stereocenters. The molecule has 0 aromatic heterocycles. The van der Waals surface area contributed by atoms with Crippen LogP contribution >= 0.6 is 11.8 Å². The van der Waals surface area contributed by atoms with E-state index in [1.165, 1.54) is 19.3 Å². The van der Waals surface area contributed by atoms with Crippen LogP contribution in [-0.4, -0.2) is 22.1 Å². The molecular formula is C11H22O2S. The summed E-state index contributed by atoms with van der Waals surface area (Å²) in [5, 5.41) is 8.39. The second-order valence-corrected chi connectivity index (χ2v) is 5.54. The van der Waals surface area contributed by atoms with E-state index in [4.69, 9.17) is 5.11 Å². The van der Waals surface area contributed by atoms with Gasteiger partial charge >= 0.3 is 5.97 Å². The minimum Gasteiger partial charge on any atom is -0.480 e. The Bertz CT molecular complexity index is 157. The zero-order valence-electron chi connectivity index (χ0n) is 9.45. The Morgan fingerprint density at radius 2 is 1.86 bits per heavy atom. The number of hydrogen-bond donors (Lipinski definition) is 1. The monoisotopic (exact) mass is 218 g/mol. The van der Waals surface area contributed by atoms with Gasteiger partial charge in [0.1, 0.15) is 0 Å². The van der Waals surface area contributed by atoms with Gasteiger partial charge in [0.05, 0.1) is 5.25 Å². The predicted octanol–water partition coefficient (Wildman–Crippen LogP) is 3.41. The van der Waals surface area contributed by atoms with Crippen molar-refractivity contribution in [1.29, 1.82) is 0 Å². The number of hydrogen-bond acceptors (Lipinski definition) is 2. The van der Waals surface area contributed by atoms with Crippen molar-refractivity contribution < 1.29 is 9.90 Å². The van der Waals surface area contributed by atoms with Crippen LogP contribution in [0.2, 0.25) is 0 Å². The number of thioether (sulfide) groups is 1. The lowest BCUT2D eigenvalue weighted by atomic mass is 10.1. The number of carboxylic acid groups (broad SMARTS) is 1. The molecule has 0 spiro atoms. The smallest absolute Gasteiger partial charge is 0.316 e. The summed E-state index contributed by atoms with van der Waals surface area (Å²) in [7, 11) is 0.